The number of esters is 1. The van der Waals surface area contributed by atoms with Gasteiger partial charge in [-0.3, -0.25) is 0 Å². The fourth-order valence-electron chi connectivity index (χ4n) is 0.514. The van der Waals surface area contributed by atoms with Crippen LogP contribution in [0.15, 0.2) is 22.8 Å². The quantitative estimate of drug-likeness (QED) is 0.633. The van der Waals surface area contributed by atoms with E-state index in [1.807, 2.05) is 0 Å². The van der Waals surface area contributed by atoms with Crippen LogP contribution in [0.1, 0.15) is 6.92 Å². The fourth-order valence-corrected chi connectivity index (χ4v) is 0.514. The highest BCUT2D eigenvalue weighted by Crippen LogP contribution is 2.09. The Kier molecular flexibility index (Phi) is 2.28. The Morgan fingerprint density at radius 1 is 1.82 bits per heavy atom. The van der Waals surface area contributed by atoms with Gasteiger partial charge >= 0.3 is 5.97 Å². The first-order valence-corrected chi connectivity index (χ1v) is 3.21. The zero-order chi connectivity index (χ0) is 8.27. The highest BCUT2D eigenvalue weighted by Gasteiger charge is 2.10. The maximum absolute atomic E-state index is 10.8. The fraction of sp³-hybridized carbons (Fsp3) is 0.286. The summed E-state index contributed by atoms with van der Waals surface area (Å²) in [6.45, 7) is 1.55. The highest BCUT2D eigenvalue weighted by molar-refractivity contribution is 5.76. The van der Waals surface area contributed by atoms with Gasteiger partial charge in [-0.2, -0.15) is 0 Å². The summed E-state index contributed by atoms with van der Waals surface area (Å²) < 4.78 is 9.44. The summed E-state index contributed by atoms with van der Waals surface area (Å²) in [6, 6.07) is 2.55. The molecule has 2 N–H and O–H groups in total. The van der Waals surface area contributed by atoms with Crippen molar-refractivity contribution in [2.24, 2.45) is 5.73 Å². The molecule has 0 unspecified atom stereocenters. The molecule has 1 rings (SSSR count). The molecule has 11 heavy (non-hydrogen) atoms. The highest BCUT2D eigenvalue weighted by atomic mass is 16.6. The molecular weight excluding hydrogens is 146 g/mol. The Labute approximate surface area is 63.9 Å². The van der Waals surface area contributed by atoms with E-state index < -0.39 is 12.0 Å². The summed E-state index contributed by atoms with van der Waals surface area (Å²) in [5.74, 6) is -0.327. The Hall–Kier alpha value is -1.29. The van der Waals surface area contributed by atoms with E-state index in [0.717, 1.165) is 0 Å². The lowest BCUT2D eigenvalue weighted by Gasteiger charge is -2.01. The summed E-state index contributed by atoms with van der Waals surface area (Å²) in [6.07, 6.45) is 1.42. The third-order valence-electron chi connectivity index (χ3n) is 1.07. The number of ether oxygens (including phenoxy) is 1. The Morgan fingerprint density at radius 3 is 3.00 bits per heavy atom. The van der Waals surface area contributed by atoms with Crippen molar-refractivity contribution in [1.29, 1.82) is 0 Å². The molecule has 0 radical (unpaired) electrons. The van der Waals surface area contributed by atoms with Crippen molar-refractivity contribution < 1.29 is 13.9 Å². The molecule has 0 aliphatic carbocycles. The minimum atomic E-state index is -0.625. The number of nitrogens with two attached hydrogens (primary N) is 1. The molecule has 1 aromatic rings. The molecule has 1 aromatic heterocycles. The monoisotopic (exact) mass is 155 g/mol. The molecule has 0 aliphatic heterocycles. The largest absolute Gasteiger partial charge is 0.434 e. The molecule has 0 saturated carbocycles. The first kappa shape index (κ1) is 7.81. The van der Waals surface area contributed by atoms with E-state index in [9.17, 15) is 4.79 Å². The van der Waals surface area contributed by atoms with Crippen LogP contribution in [0.25, 0.3) is 0 Å². The van der Waals surface area contributed by atoms with Gasteiger partial charge in [0.25, 0.3) is 5.95 Å². The van der Waals surface area contributed by atoms with E-state index in [1.54, 1.807) is 19.1 Å². The van der Waals surface area contributed by atoms with Crippen LogP contribution < -0.4 is 10.5 Å². The van der Waals surface area contributed by atoms with Crippen LogP contribution in [0.5, 0.6) is 5.95 Å². The van der Waals surface area contributed by atoms with Gasteiger partial charge in [-0.1, -0.05) is 0 Å². The summed E-state index contributed by atoms with van der Waals surface area (Å²) in [5.41, 5.74) is 5.24. The van der Waals surface area contributed by atoms with Gasteiger partial charge < -0.3 is 14.9 Å². The summed E-state index contributed by atoms with van der Waals surface area (Å²) in [7, 11) is 0. The van der Waals surface area contributed by atoms with Crippen LogP contribution in [-0.2, 0) is 4.79 Å². The SMILES string of the molecule is C[C@H](N)C(=O)Oc1ccco1. The van der Waals surface area contributed by atoms with Crippen LogP contribution in [0, 0.1) is 0 Å². The van der Waals surface area contributed by atoms with Gasteiger partial charge in [0.1, 0.15) is 6.04 Å². The zero-order valence-corrected chi connectivity index (χ0v) is 6.11. The minimum absolute atomic E-state index is 0.173. The van der Waals surface area contributed by atoms with E-state index in [1.165, 1.54) is 6.26 Å². The number of carbonyl (C=O) groups excluding carboxylic acids is 1. The maximum atomic E-state index is 10.8. The van der Waals surface area contributed by atoms with Crippen molar-refractivity contribution in [3.8, 4) is 5.95 Å². The normalized spacial score (nSPS) is 12.5. The predicted octanol–water partition coefficient (Wildman–Crippen LogP) is 0.532. The lowest BCUT2D eigenvalue weighted by molar-refractivity contribution is -0.136. The van der Waals surface area contributed by atoms with E-state index in [4.69, 9.17) is 10.2 Å². The average molecular weight is 155 g/mol. The van der Waals surface area contributed by atoms with Crippen molar-refractivity contribution in [2.75, 3.05) is 0 Å². The van der Waals surface area contributed by atoms with Crippen molar-refractivity contribution >= 4 is 5.97 Å². The molecule has 4 nitrogen and oxygen atoms in total. The van der Waals surface area contributed by atoms with Gasteiger partial charge in [0.2, 0.25) is 0 Å². The van der Waals surface area contributed by atoms with Gasteiger partial charge in [0.15, 0.2) is 0 Å². The number of carbonyl (C=O) groups is 1. The molecule has 0 saturated heterocycles. The predicted molar refractivity (Wildman–Crippen MR) is 38.0 cm³/mol. The van der Waals surface area contributed by atoms with Crippen LogP contribution in [0.4, 0.5) is 0 Å². The molecule has 0 spiro atoms. The second kappa shape index (κ2) is 3.21. The number of hydrogen-bond donors (Lipinski definition) is 1. The maximum Gasteiger partial charge on any atom is 0.330 e. The van der Waals surface area contributed by atoms with E-state index in [2.05, 4.69) is 4.74 Å². The van der Waals surface area contributed by atoms with Gasteiger partial charge in [-0.15, -0.1) is 0 Å². The molecule has 4 heteroatoms. The number of furan rings is 1. The Bertz CT molecular complexity index is 228. The molecular formula is C7H9NO3. The lowest BCUT2D eigenvalue weighted by Crippen LogP contribution is -2.30. The second-order valence-electron chi connectivity index (χ2n) is 2.14. The summed E-state index contributed by atoms with van der Waals surface area (Å²) in [5, 5.41) is 0. The first-order valence-electron chi connectivity index (χ1n) is 3.21. The van der Waals surface area contributed by atoms with E-state index in [-0.39, 0.29) is 5.95 Å². The zero-order valence-electron chi connectivity index (χ0n) is 6.11. The minimum Gasteiger partial charge on any atom is -0.434 e. The topological polar surface area (TPSA) is 65.5 Å². The van der Waals surface area contributed by atoms with Crippen molar-refractivity contribution in [3.05, 3.63) is 18.4 Å². The van der Waals surface area contributed by atoms with Crippen molar-refractivity contribution in [1.82, 2.24) is 0 Å². The smallest absolute Gasteiger partial charge is 0.330 e. The Balaban J connectivity index is 2.50. The Morgan fingerprint density at radius 2 is 2.55 bits per heavy atom. The average Bonchev–Trinajstić information content (AvgIpc) is 2.39. The van der Waals surface area contributed by atoms with Crippen LogP contribution in [0.3, 0.4) is 0 Å². The van der Waals surface area contributed by atoms with Crippen LogP contribution >= 0.6 is 0 Å². The lowest BCUT2D eigenvalue weighted by atomic mass is 10.4. The molecule has 0 bridgehead atoms. The molecule has 0 aromatic carbocycles. The molecule has 0 aliphatic rings. The molecule has 60 valence electrons. The van der Waals surface area contributed by atoms with Crippen LogP contribution in [0.2, 0.25) is 0 Å². The van der Waals surface area contributed by atoms with E-state index >= 15 is 0 Å². The number of hydrogen-bond acceptors (Lipinski definition) is 4. The first-order chi connectivity index (χ1) is 5.20. The third-order valence-corrected chi connectivity index (χ3v) is 1.07. The molecule has 1 heterocycles. The van der Waals surface area contributed by atoms with Gasteiger partial charge in [0.05, 0.1) is 6.26 Å². The van der Waals surface area contributed by atoms with Gasteiger partial charge in [0, 0.05) is 6.07 Å². The third kappa shape index (κ3) is 2.09. The molecule has 0 fully saturated rings. The van der Waals surface area contributed by atoms with E-state index in [0.29, 0.717) is 0 Å². The van der Waals surface area contributed by atoms with Crippen LogP contribution in [-0.4, -0.2) is 12.0 Å². The second-order valence-corrected chi connectivity index (χ2v) is 2.14. The summed E-state index contributed by atoms with van der Waals surface area (Å²) in [4.78, 5) is 10.8. The van der Waals surface area contributed by atoms with Crippen molar-refractivity contribution in [2.45, 2.75) is 13.0 Å². The number of rotatable bonds is 2. The van der Waals surface area contributed by atoms with Gasteiger partial charge in [-0.05, 0) is 13.0 Å². The standard InChI is InChI=1S/C7H9NO3/c1-5(8)7(9)11-6-3-2-4-10-6/h2-5H,8H2,1H3/t5-/m0/s1. The van der Waals surface area contributed by atoms with Crippen molar-refractivity contribution in [3.63, 3.8) is 0 Å². The molecule has 1 atom stereocenters. The summed E-state index contributed by atoms with van der Waals surface area (Å²) >= 11 is 0. The molecule has 0 amide bonds. The van der Waals surface area contributed by atoms with Gasteiger partial charge in [-0.25, -0.2) is 4.79 Å².